The van der Waals surface area contributed by atoms with E-state index in [4.69, 9.17) is 9.47 Å². The van der Waals surface area contributed by atoms with Gasteiger partial charge < -0.3 is 14.8 Å². The van der Waals surface area contributed by atoms with Crippen LogP contribution in [0.3, 0.4) is 0 Å². The van der Waals surface area contributed by atoms with Crippen molar-refractivity contribution in [1.29, 1.82) is 0 Å². The van der Waals surface area contributed by atoms with E-state index in [1.807, 2.05) is 48.5 Å². The van der Waals surface area contributed by atoms with E-state index in [9.17, 15) is 0 Å². The number of hydrogen-bond donors (Lipinski definition) is 1. The van der Waals surface area contributed by atoms with Gasteiger partial charge in [-0.25, -0.2) is 0 Å². The summed E-state index contributed by atoms with van der Waals surface area (Å²) >= 11 is 0. The zero-order valence-electron chi connectivity index (χ0n) is 12.9. The molecule has 0 fully saturated rings. The van der Waals surface area contributed by atoms with Crippen LogP contribution in [0.5, 0.6) is 11.5 Å². The molecule has 3 heteroatoms. The molecule has 22 heavy (non-hydrogen) atoms. The first-order valence-corrected chi connectivity index (χ1v) is 7.70. The standard InChI is InChI=1S/C19H23NO2/c1-2-13-20-14-6-15-21-18-9-11-19(12-10-18)22-16-17-7-4-3-5-8-17/h2-5,7-12,20H,1,6,13-16H2/p+1. The average molecular weight is 298 g/mol. The smallest absolute Gasteiger partial charge is 0.120 e. The SMILES string of the molecule is C=CC[NH2+]CCCOc1ccc(OCc2ccccc2)cc1. The van der Waals surface area contributed by atoms with Gasteiger partial charge in [0.1, 0.15) is 18.1 Å². The van der Waals surface area contributed by atoms with Crippen LogP contribution in [-0.4, -0.2) is 19.7 Å². The Bertz CT molecular complexity index is 537. The van der Waals surface area contributed by atoms with Crippen LogP contribution in [0.25, 0.3) is 0 Å². The molecule has 2 aromatic carbocycles. The maximum absolute atomic E-state index is 5.75. The fraction of sp³-hybridized carbons (Fsp3) is 0.263. The highest BCUT2D eigenvalue weighted by Gasteiger charge is 1.98. The molecule has 0 atom stereocenters. The van der Waals surface area contributed by atoms with Gasteiger partial charge in [-0.15, -0.1) is 0 Å². The van der Waals surface area contributed by atoms with Crippen molar-refractivity contribution in [3.63, 3.8) is 0 Å². The van der Waals surface area contributed by atoms with Gasteiger partial charge in [0.25, 0.3) is 0 Å². The second-order valence-electron chi connectivity index (χ2n) is 5.05. The highest BCUT2D eigenvalue weighted by molar-refractivity contribution is 5.31. The molecule has 3 nitrogen and oxygen atoms in total. The van der Waals surface area contributed by atoms with Crippen molar-refractivity contribution in [2.24, 2.45) is 0 Å². The molecular weight excluding hydrogens is 274 g/mol. The predicted octanol–water partition coefficient (Wildman–Crippen LogP) is 2.78. The van der Waals surface area contributed by atoms with Crippen molar-refractivity contribution >= 4 is 0 Å². The zero-order valence-corrected chi connectivity index (χ0v) is 12.9. The van der Waals surface area contributed by atoms with Crippen LogP contribution in [0, 0.1) is 0 Å². The van der Waals surface area contributed by atoms with Crippen molar-refractivity contribution in [3.8, 4) is 11.5 Å². The molecule has 2 rings (SSSR count). The first-order chi connectivity index (χ1) is 10.9. The summed E-state index contributed by atoms with van der Waals surface area (Å²) in [6, 6.07) is 17.9. The predicted molar refractivity (Wildman–Crippen MR) is 89.2 cm³/mol. The molecule has 2 N–H and O–H groups in total. The minimum absolute atomic E-state index is 0.584. The summed E-state index contributed by atoms with van der Waals surface area (Å²) in [5, 5.41) is 2.22. The van der Waals surface area contributed by atoms with Crippen LogP contribution in [0.15, 0.2) is 67.3 Å². The molecule has 0 aliphatic heterocycles. The molecule has 0 aromatic heterocycles. The second-order valence-corrected chi connectivity index (χ2v) is 5.05. The summed E-state index contributed by atoms with van der Waals surface area (Å²) in [6.45, 7) is 7.04. The Morgan fingerprint density at radius 3 is 2.27 bits per heavy atom. The van der Waals surface area contributed by atoms with Crippen LogP contribution in [0.4, 0.5) is 0 Å². The van der Waals surface area contributed by atoms with Crippen LogP contribution in [-0.2, 0) is 6.61 Å². The number of benzene rings is 2. The quantitative estimate of drug-likeness (QED) is 0.541. The summed E-state index contributed by atoms with van der Waals surface area (Å²) in [4.78, 5) is 0. The van der Waals surface area contributed by atoms with E-state index in [1.165, 1.54) is 5.56 Å². The Balaban J connectivity index is 1.68. The summed E-state index contributed by atoms with van der Waals surface area (Å²) in [6.07, 6.45) is 2.94. The number of ether oxygens (including phenoxy) is 2. The lowest BCUT2D eigenvalue weighted by atomic mass is 10.2. The molecule has 116 valence electrons. The van der Waals surface area contributed by atoms with Crippen LogP contribution >= 0.6 is 0 Å². The topological polar surface area (TPSA) is 35.1 Å². The van der Waals surface area contributed by atoms with E-state index >= 15 is 0 Å². The summed E-state index contributed by atoms with van der Waals surface area (Å²) in [7, 11) is 0. The van der Waals surface area contributed by atoms with E-state index < -0.39 is 0 Å². The molecular formula is C19H24NO2+. The van der Waals surface area contributed by atoms with Gasteiger partial charge in [0.15, 0.2) is 0 Å². The Labute approximate surface area is 132 Å². The summed E-state index contributed by atoms with van der Waals surface area (Å²) < 4.78 is 11.4. The highest BCUT2D eigenvalue weighted by Crippen LogP contribution is 2.18. The van der Waals surface area contributed by atoms with Crippen molar-refractivity contribution in [3.05, 3.63) is 72.8 Å². The van der Waals surface area contributed by atoms with E-state index in [1.54, 1.807) is 0 Å². The van der Waals surface area contributed by atoms with Crippen LogP contribution in [0.2, 0.25) is 0 Å². The lowest BCUT2D eigenvalue weighted by molar-refractivity contribution is -0.646. The van der Waals surface area contributed by atoms with E-state index in [-0.39, 0.29) is 0 Å². The highest BCUT2D eigenvalue weighted by atomic mass is 16.5. The van der Waals surface area contributed by atoms with Crippen LogP contribution < -0.4 is 14.8 Å². The van der Waals surface area contributed by atoms with Gasteiger partial charge in [-0.2, -0.15) is 0 Å². The lowest BCUT2D eigenvalue weighted by Gasteiger charge is -2.08. The number of hydrogen-bond acceptors (Lipinski definition) is 2. The Kier molecular flexibility index (Phi) is 7.06. The zero-order chi connectivity index (χ0) is 15.5. The van der Waals surface area contributed by atoms with E-state index in [0.717, 1.165) is 37.6 Å². The Morgan fingerprint density at radius 1 is 0.909 bits per heavy atom. The molecule has 0 saturated carbocycles. The normalized spacial score (nSPS) is 10.2. The third kappa shape index (κ3) is 6.02. The van der Waals surface area contributed by atoms with Gasteiger partial charge >= 0.3 is 0 Å². The molecule has 0 unspecified atom stereocenters. The number of rotatable bonds is 10. The minimum Gasteiger partial charge on any atom is -0.493 e. The van der Waals surface area contributed by atoms with Crippen molar-refractivity contribution in [1.82, 2.24) is 0 Å². The molecule has 0 bridgehead atoms. The molecule has 0 heterocycles. The van der Waals surface area contributed by atoms with Gasteiger partial charge in [0.2, 0.25) is 0 Å². The fourth-order valence-electron chi connectivity index (χ4n) is 2.03. The van der Waals surface area contributed by atoms with Crippen molar-refractivity contribution in [2.75, 3.05) is 19.7 Å². The molecule has 0 spiro atoms. The van der Waals surface area contributed by atoms with Gasteiger partial charge in [-0.1, -0.05) is 36.9 Å². The number of nitrogens with two attached hydrogens (primary N) is 1. The molecule has 0 aliphatic carbocycles. The minimum atomic E-state index is 0.584. The molecule has 0 aliphatic rings. The summed E-state index contributed by atoms with van der Waals surface area (Å²) in [5.74, 6) is 1.74. The maximum atomic E-state index is 5.75. The van der Waals surface area contributed by atoms with Gasteiger partial charge in [-0.05, 0) is 35.9 Å². The first kappa shape index (κ1) is 16.1. The van der Waals surface area contributed by atoms with Gasteiger partial charge in [0, 0.05) is 6.42 Å². The molecule has 0 saturated heterocycles. The Hall–Kier alpha value is -2.26. The second kappa shape index (κ2) is 9.64. The lowest BCUT2D eigenvalue weighted by Crippen LogP contribution is -2.84. The van der Waals surface area contributed by atoms with Crippen LogP contribution in [0.1, 0.15) is 12.0 Å². The average Bonchev–Trinajstić information content (AvgIpc) is 2.58. The Morgan fingerprint density at radius 2 is 1.59 bits per heavy atom. The number of quaternary nitrogens is 1. The largest absolute Gasteiger partial charge is 0.493 e. The van der Waals surface area contributed by atoms with E-state index in [2.05, 4.69) is 24.0 Å². The van der Waals surface area contributed by atoms with Gasteiger partial charge in [0.05, 0.1) is 19.7 Å². The molecule has 2 aromatic rings. The first-order valence-electron chi connectivity index (χ1n) is 7.70. The fourth-order valence-corrected chi connectivity index (χ4v) is 2.03. The maximum Gasteiger partial charge on any atom is 0.120 e. The third-order valence-electron chi connectivity index (χ3n) is 3.23. The van der Waals surface area contributed by atoms with Gasteiger partial charge in [-0.3, -0.25) is 0 Å². The van der Waals surface area contributed by atoms with Crippen molar-refractivity contribution in [2.45, 2.75) is 13.0 Å². The van der Waals surface area contributed by atoms with Crippen molar-refractivity contribution < 1.29 is 14.8 Å². The third-order valence-corrected chi connectivity index (χ3v) is 3.23. The molecule has 0 radical (unpaired) electrons. The van der Waals surface area contributed by atoms with E-state index in [0.29, 0.717) is 6.61 Å². The summed E-state index contributed by atoms with van der Waals surface area (Å²) in [5.41, 5.74) is 1.17. The monoisotopic (exact) mass is 298 g/mol. The molecule has 0 amide bonds.